The van der Waals surface area contributed by atoms with Gasteiger partial charge in [-0.25, -0.2) is 8.42 Å². The first-order valence-corrected chi connectivity index (χ1v) is 9.42. The minimum atomic E-state index is -3.37. The number of carbonyl (C=O) groups excluding carboxylic acids is 1. The van der Waals surface area contributed by atoms with Gasteiger partial charge in [0.05, 0.1) is 11.8 Å². The minimum Gasteiger partial charge on any atom is -0.340 e. The molecular weight excluding hydrogens is 300 g/mol. The Kier molecular flexibility index (Phi) is 3.95. The van der Waals surface area contributed by atoms with Crippen molar-refractivity contribution in [2.75, 3.05) is 10.6 Å². The number of sulfonamides is 1. The van der Waals surface area contributed by atoms with E-state index in [1.807, 2.05) is 12.1 Å². The van der Waals surface area contributed by atoms with Crippen LogP contribution in [0.15, 0.2) is 24.3 Å². The van der Waals surface area contributed by atoms with Crippen molar-refractivity contribution in [1.82, 2.24) is 4.98 Å². The Morgan fingerprint density at radius 3 is 2.59 bits per heavy atom. The van der Waals surface area contributed by atoms with Crippen molar-refractivity contribution in [3.8, 4) is 0 Å². The Bertz CT molecular complexity index is 789. The lowest BCUT2D eigenvalue weighted by molar-refractivity contribution is 0.112. The van der Waals surface area contributed by atoms with Gasteiger partial charge >= 0.3 is 0 Å². The molecule has 0 radical (unpaired) electrons. The van der Waals surface area contributed by atoms with Crippen LogP contribution in [0.25, 0.3) is 10.9 Å². The van der Waals surface area contributed by atoms with Gasteiger partial charge in [-0.05, 0) is 25.0 Å². The predicted octanol–water partition coefficient (Wildman–Crippen LogP) is 3.08. The van der Waals surface area contributed by atoms with Gasteiger partial charge in [-0.3, -0.25) is 9.10 Å². The second-order valence-corrected chi connectivity index (χ2v) is 7.79. The maximum absolute atomic E-state index is 12.3. The van der Waals surface area contributed by atoms with Gasteiger partial charge in [0.2, 0.25) is 10.0 Å². The van der Waals surface area contributed by atoms with Gasteiger partial charge in [-0.1, -0.05) is 31.4 Å². The number of hydrogen-bond donors (Lipinski definition) is 1. The first-order chi connectivity index (χ1) is 10.5. The maximum Gasteiger partial charge on any atom is 0.233 e. The van der Waals surface area contributed by atoms with Crippen LogP contribution < -0.4 is 4.31 Å². The van der Waals surface area contributed by atoms with E-state index in [9.17, 15) is 13.2 Å². The van der Waals surface area contributed by atoms with Crippen molar-refractivity contribution >= 4 is 33.0 Å². The molecule has 22 heavy (non-hydrogen) atoms. The zero-order valence-electron chi connectivity index (χ0n) is 12.6. The Morgan fingerprint density at radius 2 is 1.95 bits per heavy atom. The molecule has 0 bridgehead atoms. The number of aromatic nitrogens is 1. The lowest BCUT2D eigenvalue weighted by Gasteiger charge is -2.33. The molecule has 0 atom stereocenters. The molecule has 0 unspecified atom stereocenters. The molecule has 1 heterocycles. The number of carbonyl (C=O) groups is 1. The number of anilines is 1. The molecule has 1 aliphatic rings. The number of hydrogen-bond acceptors (Lipinski definition) is 3. The number of aromatic amines is 1. The number of H-pyrrole nitrogens is 1. The van der Waals surface area contributed by atoms with E-state index in [2.05, 4.69) is 4.98 Å². The van der Waals surface area contributed by atoms with E-state index in [-0.39, 0.29) is 6.04 Å². The SMILES string of the molecule is CS(=O)(=O)N(c1cc2cccc(C=O)c2[nH]1)C1CCCCC1. The molecule has 1 saturated carbocycles. The van der Waals surface area contributed by atoms with E-state index in [1.54, 1.807) is 12.1 Å². The summed E-state index contributed by atoms with van der Waals surface area (Å²) >= 11 is 0. The topological polar surface area (TPSA) is 70.2 Å². The monoisotopic (exact) mass is 320 g/mol. The fourth-order valence-electron chi connectivity index (χ4n) is 3.34. The largest absolute Gasteiger partial charge is 0.340 e. The molecule has 5 nitrogen and oxygen atoms in total. The molecule has 0 amide bonds. The fourth-order valence-corrected chi connectivity index (χ4v) is 4.55. The van der Waals surface area contributed by atoms with Crippen molar-refractivity contribution in [1.29, 1.82) is 0 Å². The molecule has 3 rings (SSSR count). The van der Waals surface area contributed by atoms with Crippen LogP contribution in [0.3, 0.4) is 0 Å². The zero-order chi connectivity index (χ0) is 15.7. The number of aldehydes is 1. The molecule has 1 N–H and O–H groups in total. The van der Waals surface area contributed by atoms with Crippen LogP contribution in [-0.4, -0.2) is 32.0 Å². The second kappa shape index (κ2) is 5.76. The Balaban J connectivity index is 2.10. The lowest BCUT2D eigenvalue weighted by atomic mass is 9.95. The third-order valence-corrected chi connectivity index (χ3v) is 5.51. The highest BCUT2D eigenvalue weighted by Crippen LogP contribution is 2.31. The standard InChI is InChI=1S/C16H20N2O3S/c1-22(20,21)18(14-8-3-2-4-9-14)15-10-12-6-5-7-13(11-19)16(12)17-15/h5-7,10-11,14,17H,2-4,8-9H2,1H3. The Labute approximate surface area is 130 Å². The number of benzene rings is 1. The molecule has 2 aromatic rings. The lowest BCUT2D eigenvalue weighted by Crippen LogP contribution is -2.41. The van der Waals surface area contributed by atoms with Gasteiger partial charge in [-0.2, -0.15) is 0 Å². The molecule has 118 valence electrons. The van der Waals surface area contributed by atoms with E-state index >= 15 is 0 Å². The fraction of sp³-hybridized carbons (Fsp3) is 0.438. The van der Waals surface area contributed by atoms with Crippen LogP contribution >= 0.6 is 0 Å². The second-order valence-electron chi connectivity index (χ2n) is 5.93. The highest BCUT2D eigenvalue weighted by molar-refractivity contribution is 7.92. The van der Waals surface area contributed by atoms with Crippen molar-refractivity contribution in [2.24, 2.45) is 0 Å². The van der Waals surface area contributed by atoms with E-state index < -0.39 is 10.0 Å². The van der Waals surface area contributed by atoms with Gasteiger partial charge in [0.1, 0.15) is 5.82 Å². The number of nitrogens with one attached hydrogen (secondary N) is 1. The van der Waals surface area contributed by atoms with Crippen molar-refractivity contribution in [3.63, 3.8) is 0 Å². The summed E-state index contributed by atoms with van der Waals surface area (Å²) < 4.78 is 26.1. The summed E-state index contributed by atoms with van der Waals surface area (Å²) in [6, 6.07) is 7.22. The Hall–Kier alpha value is -1.82. The summed E-state index contributed by atoms with van der Waals surface area (Å²) in [4.78, 5) is 14.3. The maximum atomic E-state index is 12.3. The summed E-state index contributed by atoms with van der Waals surface area (Å²) in [6.07, 6.45) is 7.05. The van der Waals surface area contributed by atoms with Crippen LogP contribution in [0, 0.1) is 0 Å². The van der Waals surface area contributed by atoms with Crippen molar-refractivity contribution in [3.05, 3.63) is 29.8 Å². The number of rotatable bonds is 4. The quantitative estimate of drug-likeness (QED) is 0.880. The van der Waals surface area contributed by atoms with E-state index in [1.165, 1.54) is 10.6 Å². The van der Waals surface area contributed by atoms with Crippen LogP contribution in [0.5, 0.6) is 0 Å². The number of para-hydroxylation sites is 1. The highest BCUT2D eigenvalue weighted by Gasteiger charge is 2.29. The minimum absolute atomic E-state index is 0.00325. The first-order valence-electron chi connectivity index (χ1n) is 7.57. The summed E-state index contributed by atoms with van der Waals surface area (Å²) in [5.41, 5.74) is 1.23. The van der Waals surface area contributed by atoms with Gasteiger partial charge in [0.25, 0.3) is 0 Å². The first kappa shape index (κ1) is 15.1. The summed E-state index contributed by atoms with van der Waals surface area (Å²) in [5, 5.41) is 0.851. The van der Waals surface area contributed by atoms with Gasteiger partial charge in [-0.15, -0.1) is 0 Å². The van der Waals surface area contributed by atoms with Crippen molar-refractivity contribution < 1.29 is 13.2 Å². The average molecular weight is 320 g/mol. The number of nitrogens with zero attached hydrogens (tertiary/aromatic N) is 1. The Morgan fingerprint density at radius 1 is 1.23 bits per heavy atom. The zero-order valence-corrected chi connectivity index (χ0v) is 13.4. The summed E-state index contributed by atoms with van der Waals surface area (Å²) in [7, 11) is -3.37. The molecule has 1 aromatic carbocycles. The van der Waals surface area contributed by atoms with Crippen molar-refractivity contribution in [2.45, 2.75) is 38.1 Å². The average Bonchev–Trinajstić information content (AvgIpc) is 2.90. The van der Waals surface area contributed by atoms with Gasteiger partial charge in [0, 0.05) is 17.0 Å². The van der Waals surface area contributed by atoms with E-state index in [0.29, 0.717) is 16.9 Å². The molecular formula is C16H20N2O3S. The third-order valence-electron chi connectivity index (χ3n) is 4.30. The van der Waals surface area contributed by atoms with E-state index in [4.69, 9.17) is 0 Å². The predicted molar refractivity (Wildman–Crippen MR) is 87.9 cm³/mol. The molecule has 1 aliphatic carbocycles. The van der Waals surface area contributed by atoms with Crippen LogP contribution in [0.1, 0.15) is 42.5 Å². The van der Waals surface area contributed by atoms with Crippen LogP contribution in [0.2, 0.25) is 0 Å². The molecule has 0 spiro atoms. The van der Waals surface area contributed by atoms with Gasteiger partial charge < -0.3 is 4.98 Å². The molecule has 6 heteroatoms. The molecule has 1 fully saturated rings. The molecule has 0 saturated heterocycles. The third kappa shape index (κ3) is 2.75. The van der Waals surface area contributed by atoms with Gasteiger partial charge in [0.15, 0.2) is 6.29 Å². The van der Waals surface area contributed by atoms with E-state index in [0.717, 1.165) is 43.8 Å². The normalized spacial score (nSPS) is 16.8. The van der Waals surface area contributed by atoms with Crippen LogP contribution in [0.4, 0.5) is 5.82 Å². The number of fused-ring (bicyclic) bond motifs is 1. The molecule has 1 aromatic heterocycles. The van der Waals surface area contributed by atoms with Crippen LogP contribution in [-0.2, 0) is 10.0 Å². The highest BCUT2D eigenvalue weighted by atomic mass is 32.2. The summed E-state index contributed by atoms with van der Waals surface area (Å²) in [6.45, 7) is 0. The summed E-state index contributed by atoms with van der Waals surface area (Å²) in [5.74, 6) is 0.554. The molecule has 0 aliphatic heterocycles. The smallest absolute Gasteiger partial charge is 0.233 e.